The third-order valence-electron chi connectivity index (χ3n) is 3.17. The zero-order valence-corrected chi connectivity index (χ0v) is 9.83. The molecule has 1 aliphatic rings. The van der Waals surface area contributed by atoms with Crippen molar-refractivity contribution in [2.45, 2.75) is 24.8 Å². The molecule has 0 saturated heterocycles. The SMILES string of the molecule is O=CNC(CC1CCOc2ccccc21)C(=O)O. The summed E-state index contributed by atoms with van der Waals surface area (Å²) in [6.45, 7) is 0.578. The van der Waals surface area contributed by atoms with Gasteiger partial charge in [-0.25, -0.2) is 4.79 Å². The molecule has 2 rings (SSSR count). The van der Waals surface area contributed by atoms with Crippen LogP contribution >= 0.6 is 0 Å². The molecule has 1 amide bonds. The Morgan fingerprint density at radius 1 is 1.56 bits per heavy atom. The van der Waals surface area contributed by atoms with Crippen LogP contribution in [0, 0.1) is 0 Å². The minimum absolute atomic E-state index is 0.100. The molecule has 0 radical (unpaired) electrons. The summed E-state index contributed by atoms with van der Waals surface area (Å²) < 4.78 is 5.52. The van der Waals surface area contributed by atoms with Crippen LogP contribution in [0.1, 0.15) is 24.3 Å². The molecule has 0 bridgehead atoms. The summed E-state index contributed by atoms with van der Waals surface area (Å²) >= 11 is 0. The first-order valence-electron chi connectivity index (χ1n) is 5.86. The van der Waals surface area contributed by atoms with Gasteiger partial charge in [0.1, 0.15) is 11.8 Å². The van der Waals surface area contributed by atoms with Crippen molar-refractivity contribution in [2.24, 2.45) is 0 Å². The molecular weight excluding hydrogens is 234 g/mol. The Hall–Kier alpha value is -2.04. The highest BCUT2D eigenvalue weighted by molar-refractivity contribution is 5.76. The predicted molar refractivity (Wildman–Crippen MR) is 64.5 cm³/mol. The lowest BCUT2D eigenvalue weighted by Gasteiger charge is -2.27. The Bertz CT molecular complexity index is 446. The molecule has 96 valence electrons. The molecule has 18 heavy (non-hydrogen) atoms. The topological polar surface area (TPSA) is 75.6 Å². The van der Waals surface area contributed by atoms with E-state index >= 15 is 0 Å². The lowest BCUT2D eigenvalue weighted by molar-refractivity contribution is -0.140. The van der Waals surface area contributed by atoms with Gasteiger partial charge in [0.15, 0.2) is 0 Å². The summed E-state index contributed by atoms with van der Waals surface area (Å²) in [4.78, 5) is 21.4. The maximum absolute atomic E-state index is 11.0. The molecule has 1 aromatic carbocycles. The van der Waals surface area contributed by atoms with Gasteiger partial charge in [-0.2, -0.15) is 0 Å². The van der Waals surface area contributed by atoms with E-state index in [9.17, 15) is 9.59 Å². The van der Waals surface area contributed by atoms with E-state index in [1.54, 1.807) is 0 Å². The Morgan fingerprint density at radius 3 is 3.06 bits per heavy atom. The van der Waals surface area contributed by atoms with Crippen molar-refractivity contribution in [3.8, 4) is 5.75 Å². The number of rotatable bonds is 5. The molecule has 0 aliphatic carbocycles. The minimum Gasteiger partial charge on any atom is -0.493 e. The Labute approximate surface area is 105 Å². The number of carbonyl (C=O) groups is 2. The first-order valence-corrected chi connectivity index (χ1v) is 5.86. The van der Waals surface area contributed by atoms with Crippen molar-refractivity contribution >= 4 is 12.4 Å². The first-order chi connectivity index (χ1) is 8.72. The fraction of sp³-hybridized carbons (Fsp3) is 0.385. The highest BCUT2D eigenvalue weighted by Gasteiger charge is 2.27. The number of carbonyl (C=O) groups excluding carboxylic acids is 1. The number of ether oxygens (including phenoxy) is 1. The van der Waals surface area contributed by atoms with Crippen LogP contribution in [0.4, 0.5) is 0 Å². The molecule has 1 aromatic rings. The van der Waals surface area contributed by atoms with E-state index in [1.165, 1.54) is 0 Å². The second kappa shape index (κ2) is 5.53. The standard InChI is InChI=1S/C13H15NO4/c15-8-14-11(13(16)17)7-9-5-6-18-12-4-2-1-3-10(9)12/h1-4,8-9,11H,5-7H2,(H,14,15)(H,16,17). The van der Waals surface area contributed by atoms with E-state index in [0.717, 1.165) is 17.7 Å². The van der Waals surface area contributed by atoms with E-state index in [4.69, 9.17) is 9.84 Å². The number of fused-ring (bicyclic) bond motifs is 1. The van der Waals surface area contributed by atoms with E-state index in [0.29, 0.717) is 19.4 Å². The van der Waals surface area contributed by atoms with Crippen molar-refractivity contribution in [1.29, 1.82) is 0 Å². The first kappa shape index (κ1) is 12.4. The van der Waals surface area contributed by atoms with Gasteiger partial charge < -0.3 is 15.2 Å². The van der Waals surface area contributed by atoms with E-state index in [-0.39, 0.29) is 5.92 Å². The van der Waals surface area contributed by atoms with Crippen LogP contribution in [-0.4, -0.2) is 30.1 Å². The molecule has 1 heterocycles. The van der Waals surface area contributed by atoms with Gasteiger partial charge in [-0.1, -0.05) is 18.2 Å². The molecule has 0 spiro atoms. The summed E-state index contributed by atoms with van der Waals surface area (Å²) in [5.41, 5.74) is 1.02. The number of carboxylic acids is 1. The van der Waals surface area contributed by atoms with Gasteiger partial charge in [-0.3, -0.25) is 4.79 Å². The summed E-state index contributed by atoms with van der Waals surface area (Å²) in [5.74, 6) is -0.0986. The number of para-hydroxylation sites is 1. The van der Waals surface area contributed by atoms with Crippen molar-refractivity contribution in [1.82, 2.24) is 5.32 Å². The average molecular weight is 249 g/mol. The summed E-state index contributed by atoms with van der Waals surface area (Å²) in [5, 5.41) is 11.4. The largest absolute Gasteiger partial charge is 0.493 e. The fourth-order valence-electron chi connectivity index (χ4n) is 2.27. The highest BCUT2D eigenvalue weighted by atomic mass is 16.5. The monoisotopic (exact) mass is 249 g/mol. The van der Waals surface area contributed by atoms with Crippen LogP contribution in [0.2, 0.25) is 0 Å². The number of nitrogens with one attached hydrogen (secondary N) is 1. The molecule has 2 atom stereocenters. The maximum Gasteiger partial charge on any atom is 0.326 e. The van der Waals surface area contributed by atoms with Gasteiger partial charge in [0, 0.05) is 0 Å². The van der Waals surface area contributed by atoms with Gasteiger partial charge in [0.2, 0.25) is 6.41 Å². The predicted octanol–water partition coefficient (Wildman–Crippen LogP) is 1.14. The number of hydrogen-bond acceptors (Lipinski definition) is 3. The zero-order chi connectivity index (χ0) is 13.0. The Balaban J connectivity index is 2.15. The Morgan fingerprint density at radius 2 is 2.33 bits per heavy atom. The van der Waals surface area contributed by atoms with Gasteiger partial charge in [0.25, 0.3) is 0 Å². The van der Waals surface area contributed by atoms with Crippen molar-refractivity contribution in [2.75, 3.05) is 6.61 Å². The number of carboxylic acid groups (broad SMARTS) is 1. The third-order valence-corrected chi connectivity index (χ3v) is 3.17. The van der Waals surface area contributed by atoms with Gasteiger partial charge in [0.05, 0.1) is 6.61 Å². The minimum atomic E-state index is -1.01. The molecule has 0 saturated carbocycles. The average Bonchev–Trinajstić information content (AvgIpc) is 2.38. The smallest absolute Gasteiger partial charge is 0.326 e. The van der Waals surface area contributed by atoms with Crippen LogP contribution in [0.15, 0.2) is 24.3 Å². The van der Waals surface area contributed by atoms with Crippen molar-refractivity contribution in [3.05, 3.63) is 29.8 Å². The second-order valence-electron chi connectivity index (χ2n) is 4.28. The lowest BCUT2D eigenvalue weighted by atomic mass is 9.87. The number of amides is 1. The molecule has 0 aromatic heterocycles. The van der Waals surface area contributed by atoms with Crippen LogP contribution in [0.25, 0.3) is 0 Å². The molecule has 2 N–H and O–H groups in total. The lowest BCUT2D eigenvalue weighted by Crippen LogP contribution is -2.37. The number of hydrogen-bond donors (Lipinski definition) is 2. The number of aliphatic carboxylic acids is 1. The second-order valence-corrected chi connectivity index (χ2v) is 4.28. The molecule has 2 unspecified atom stereocenters. The summed E-state index contributed by atoms with van der Waals surface area (Å²) in [6.07, 6.45) is 1.58. The molecule has 5 heteroatoms. The molecule has 5 nitrogen and oxygen atoms in total. The van der Waals surface area contributed by atoms with E-state index in [2.05, 4.69) is 5.32 Å². The Kier molecular flexibility index (Phi) is 3.82. The fourth-order valence-corrected chi connectivity index (χ4v) is 2.27. The zero-order valence-electron chi connectivity index (χ0n) is 9.83. The summed E-state index contributed by atoms with van der Waals surface area (Å²) in [6, 6.07) is 6.77. The van der Waals surface area contributed by atoms with Gasteiger partial charge in [-0.05, 0) is 30.4 Å². The molecular formula is C13H15NO4. The highest BCUT2D eigenvalue weighted by Crippen LogP contribution is 2.36. The maximum atomic E-state index is 11.0. The van der Waals surface area contributed by atoms with Crippen LogP contribution in [-0.2, 0) is 9.59 Å². The van der Waals surface area contributed by atoms with E-state index < -0.39 is 12.0 Å². The van der Waals surface area contributed by atoms with Crippen LogP contribution in [0.5, 0.6) is 5.75 Å². The molecule has 1 aliphatic heterocycles. The van der Waals surface area contributed by atoms with Crippen LogP contribution in [0.3, 0.4) is 0 Å². The third kappa shape index (κ3) is 2.61. The number of benzene rings is 1. The van der Waals surface area contributed by atoms with Gasteiger partial charge >= 0.3 is 5.97 Å². The summed E-state index contributed by atoms with van der Waals surface area (Å²) in [7, 11) is 0. The van der Waals surface area contributed by atoms with Crippen LogP contribution < -0.4 is 10.1 Å². The van der Waals surface area contributed by atoms with Gasteiger partial charge in [-0.15, -0.1) is 0 Å². The normalized spacial score (nSPS) is 19.2. The van der Waals surface area contributed by atoms with Crippen molar-refractivity contribution < 1.29 is 19.4 Å². The van der Waals surface area contributed by atoms with Crippen molar-refractivity contribution in [3.63, 3.8) is 0 Å². The van der Waals surface area contributed by atoms with E-state index in [1.807, 2.05) is 24.3 Å². The quantitative estimate of drug-likeness (QED) is 0.767. The molecule has 0 fully saturated rings.